The van der Waals surface area contributed by atoms with Crippen LogP contribution in [-0.2, 0) is 6.42 Å². The maximum atomic E-state index is 12.6. The summed E-state index contributed by atoms with van der Waals surface area (Å²) in [5.41, 5.74) is 1.43. The molecular weight excluding hydrogens is 272 g/mol. The van der Waals surface area contributed by atoms with Crippen molar-refractivity contribution in [3.63, 3.8) is 0 Å². The van der Waals surface area contributed by atoms with E-state index in [0.717, 1.165) is 57.8 Å². The monoisotopic (exact) mass is 300 g/mol. The lowest BCUT2D eigenvalue weighted by Crippen LogP contribution is -2.49. The Morgan fingerprint density at radius 2 is 1.77 bits per heavy atom. The van der Waals surface area contributed by atoms with Gasteiger partial charge >= 0.3 is 6.03 Å². The zero-order chi connectivity index (χ0) is 15.4. The van der Waals surface area contributed by atoms with Crippen molar-refractivity contribution in [3.8, 4) is 0 Å². The third-order valence-corrected chi connectivity index (χ3v) is 5.18. The van der Waals surface area contributed by atoms with E-state index < -0.39 is 0 Å². The molecule has 0 radical (unpaired) electrons. The van der Waals surface area contributed by atoms with Crippen molar-refractivity contribution in [3.05, 3.63) is 35.9 Å². The molecule has 0 spiro atoms. The largest absolute Gasteiger partial charge is 0.325 e. The lowest BCUT2D eigenvalue weighted by atomic mass is 9.90. The average Bonchev–Trinajstić information content (AvgIpc) is 2.56. The van der Waals surface area contributed by atoms with Gasteiger partial charge in [-0.15, -0.1) is 0 Å². The van der Waals surface area contributed by atoms with Gasteiger partial charge in [0.1, 0.15) is 0 Å². The summed E-state index contributed by atoms with van der Waals surface area (Å²) >= 11 is 0. The number of carbonyl (C=O) groups is 1. The fraction of sp³-hybridized carbons (Fsp3) is 0.632. The molecule has 3 rings (SSSR count). The van der Waals surface area contributed by atoms with Crippen LogP contribution in [0.5, 0.6) is 0 Å². The first-order valence-electron chi connectivity index (χ1n) is 8.80. The lowest BCUT2D eigenvalue weighted by molar-refractivity contribution is 0.115. The molecule has 0 aromatic heterocycles. The molecular formula is C19H28N2O. The van der Waals surface area contributed by atoms with Crippen molar-refractivity contribution >= 4 is 6.03 Å². The van der Waals surface area contributed by atoms with Crippen molar-refractivity contribution in [1.29, 1.82) is 0 Å². The Balaban J connectivity index is 1.48. The fourth-order valence-electron chi connectivity index (χ4n) is 3.84. The Morgan fingerprint density at radius 3 is 2.45 bits per heavy atom. The third kappa shape index (κ3) is 3.82. The highest BCUT2D eigenvalue weighted by molar-refractivity contribution is 5.74. The Hall–Kier alpha value is -1.51. The van der Waals surface area contributed by atoms with E-state index in [4.69, 9.17) is 0 Å². The van der Waals surface area contributed by atoms with E-state index in [1.807, 2.05) is 0 Å². The summed E-state index contributed by atoms with van der Waals surface area (Å²) in [4.78, 5) is 16.8. The SMILES string of the molecule is CC1CCCN(C(=O)N2CCC(Cc3ccccc3)CC2)C1. The Labute approximate surface area is 134 Å². The van der Waals surface area contributed by atoms with Crippen LogP contribution in [0.3, 0.4) is 0 Å². The van der Waals surface area contributed by atoms with Gasteiger partial charge in [-0.1, -0.05) is 37.3 Å². The summed E-state index contributed by atoms with van der Waals surface area (Å²) in [6.07, 6.45) is 5.87. The molecule has 1 atom stereocenters. The molecule has 2 saturated heterocycles. The summed E-state index contributed by atoms with van der Waals surface area (Å²) in [7, 11) is 0. The van der Waals surface area contributed by atoms with Crippen molar-refractivity contribution in [2.24, 2.45) is 11.8 Å². The standard InChI is InChI=1S/C19H28N2O/c1-16-6-5-11-21(15-16)19(22)20-12-9-18(10-13-20)14-17-7-3-2-4-8-17/h2-4,7-8,16,18H,5-6,9-15H2,1H3. The first-order valence-corrected chi connectivity index (χ1v) is 8.80. The molecule has 1 aromatic rings. The molecule has 2 amide bonds. The van der Waals surface area contributed by atoms with Crippen LogP contribution in [0.1, 0.15) is 38.2 Å². The predicted molar refractivity (Wildman–Crippen MR) is 89.8 cm³/mol. The number of urea groups is 1. The molecule has 0 bridgehead atoms. The highest BCUT2D eigenvalue weighted by Crippen LogP contribution is 2.24. The number of carbonyl (C=O) groups excluding carboxylic acids is 1. The van der Waals surface area contributed by atoms with E-state index in [-0.39, 0.29) is 6.03 Å². The Morgan fingerprint density at radius 1 is 1.05 bits per heavy atom. The summed E-state index contributed by atoms with van der Waals surface area (Å²) < 4.78 is 0. The van der Waals surface area contributed by atoms with E-state index in [2.05, 4.69) is 47.1 Å². The number of hydrogen-bond acceptors (Lipinski definition) is 1. The van der Waals surface area contributed by atoms with Crippen molar-refractivity contribution in [2.75, 3.05) is 26.2 Å². The number of hydrogen-bond donors (Lipinski definition) is 0. The predicted octanol–water partition coefficient (Wildman–Crippen LogP) is 3.79. The van der Waals surface area contributed by atoms with Crippen molar-refractivity contribution in [1.82, 2.24) is 9.80 Å². The quantitative estimate of drug-likeness (QED) is 0.815. The molecule has 2 heterocycles. The lowest BCUT2D eigenvalue weighted by Gasteiger charge is -2.38. The molecule has 3 heteroatoms. The van der Waals surface area contributed by atoms with Crippen LogP contribution < -0.4 is 0 Å². The Bertz CT molecular complexity index is 479. The van der Waals surface area contributed by atoms with Gasteiger partial charge in [-0.2, -0.15) is 0 Å². The van der Waals surface area contributed by atoms with Crippen LogP contribution in [0.2, 0.25) is 0 Å². The fourth-order valence-corrected chi connectivity index (χ4v) is 3.84. The summed E-state index contributed by atoms with van der Waals surface area (Å²) in [6.45, 7) is 6.02. The van der Waals surface area contributed by atoms with Crippen LogP contribution in [0.25, 0.3) is 0 Å². The summed E-state index contributed by atoms with van der Waals surface area (Å²) in [5.74, 6) is 1.39. The molecule has 1 unspecified atom stereocenters. The van der Waals surface area contributed by atoms with Gasteiger partial charge in [0.2, 0.25) is 0 Å². The highest BCUT2D eigenvalue weighted by Gasteiger charge is 2.28. The van der Waals surface area contributed by atoms with Crippen LogP contribution in [0.4, 0.5) is 4.79 Å². The minimum Gasteiger partial charge on any atom is -0.325 e. The minimum atomic E-state index is 0.282. The van der Waals surface area contributed by atoms with E-state index >= 15 is 0 Å². The van der Waals surface area contributed by atoms with E-state index in [1.165, 1.54) is 12.0 Å². The average molecular weight is 300 g/mol. The third-order valence-electron chi connectivity index (χ3n) is 5.18. The topological polar surface area (TPSA) is 23.6 Å². The number of amides is 2. The summed E-state index contributed by atoms with van der Waals surface area (Å²) in [5, 5.41) is 0. The molecule has 2 aliphatic rings. The molecule has 120 valence electrons. The second kappa shape index (κ2) is 7.17. The molecule has 2 aliphatic heterocycles. The summed E-state index contributed by atoms with van der Waals surface area (Å²) in [6, 6.07) is 11.0. The first-order chi connectivity index (χ1) is 10.7. The second-order valence-corrected chi connectivity index (χ2v) is 7.10. The zero-order valence-electron chi connectivity index (χ0n) is 13.7. The molecule has 0 aliphatic carbocycles. The number of nitrogens with zero attached hydrogens (tertiary/aromatic N) is 2. The van der Waals surface area contributed by atoms with E-state index in [0.29, 0.717) is 5.92 Å². The maximum Gasteiger partial charge on any atom is 0.320 e. The van der Waals surface area contributed by atoms with Gasteiger partial charge in [0.25, 0.3) is 0 Å². The van der Waals surface area contributed by atoms with Gasteiger partial charge in [0.15, 0.2) is 0 Å². The number of benzene rings is 1. The highest BCUT2D eigenvalue weighted by atomic mass is 16.2. The molecule has 0 saturated carbocycles. The second-order valence-electron chi connectivity index (χ2n) is 7.10. The maximum absolute atomic E-state index is 12.6. The van der Waals surface area contributed by atoms with Gasteiger partial charge < -0.3 is 9.80 Å². The van der Waals surface area contributed by atoms with Crippen LogP contribution in [-0.4, -0.2) is 42.0 Å². The molecule has 0 N–H and O–H groups in total. The van der Waals surface area contributed by atoms with Crippen molar-refractivity contribution < 1.29 is 4.79 Å². The normalized spacial score (nSPS) is 23.6. The smallest absolute Gasteiger partial charge is 0.320 e. The van der Waals surface area contributed by atoms with Crippen LogP contribution in [0, 0.1) is 11.8 Å². The van der Waals surface area contributed by atoms with E-state index in [9.17, 15) is 4.79 Å². The van der Waals surface area contributed by atoms with Gasteiger partial charge in [0, 0.05) is 26.2 Å². The molecule has 2 fully saturated rings. The number of rotatable bonds is 2. The number of likely N-dealkylation sites (tertiary alicyclic amines) is 2. The van der Waals surface area contributed by atoms with Crippen LogP contribution in [0.15, 0.2) is 30.3 Å². The first kappa shape index (κ1) is 15.4. The zero-order valence-corrected chi connectivity index (χ0v) is 13.7. The molecule has 22 heavy (non-hydrogen) atoms. The number of piperidine rings is 2. The van der Waals surface area contributed by atoms with Gasteiger partial charge in [-0.3, -0.25) is 0 Å². The van der Waals surface area contributed by atoms with Crippen molar-refractivity contribution in [2.45, 2.75) is 39.0 Å². The van der Waals surface area contributed by atoms with Gasteiger partial charge in [-0.25, -0.2) is 4.79 Å². The Kier molecular flexibility index (Phi) is 5.01. The van der Waals surface area contributed by atoms with Gasteiger partial charge in [-0.05, 0) is 49.5 Å². The molecule has 3 nitrogen and oxygen atoms in total. The van der Waals surface area contributed by atoms with Crippen LogP contribution >= 0.6 is 0 Å². The molecule has 1 aromatic carbocycles. The van der Waals surface area contributed by atoms with Gasteiger partial charge in [0.05, 0.1) is 0 Å². The minimum absolute atomic E-state index is 0.282. The van der Waals surface area contributed by atoms with E-state index in [1.54, 1.807) is 0 Å².